The Labute approximate surface area is 109 Å². The third-order valence-electron chi connectivity index (χ3n) is 2.57. The molecule has 0 saturated heterocycles. The average molecular weight is 270 g/mol. The number of nitrogens with one attached hydrogen (secondary N) is 1. The third-order valence-corrected chi connectivity index (χ3v) is 3.86. The van der Waals surface area contributed by atoms with Crippen LogP contribution in [0.5, 0.6) is 0 Å². The first kappa shape index (κ1) is 12.6. The van der Waals surface area contributed by atoms with Crippen molar-refractivity contribution in [2.75, 3.05) is 0 Å². The Morgan fingerprint density at radius 1 is 1.35 bits per heavy atom. The van der Waals surface area contributed by atoms with Gasteiger partial charge in [0.25, 0.3) is 0 Å². The summed E-state index contributed by atoms with van der Waals surface area (Å²) in [5.41, 5.74) is 1.08. The molecule has 1 nitrogen and oxygen atoms in total. The van der Waals surface area contributed by atoms with Crippen LogP contribution in [-0.2, 0) is 6.54 Å². The molecular weight excluding hydrogens is 257 g/mol. The zero-order valence-corrected chi connectivity index (χ0v) is 11.0. The molecule has 0 radical (unpaired) electrons. The molecule has 17 heavy (non-hydrogen) atoms. The van der Waals surface area contributed by atoms with E-state index in [-0.39, 0.29) is 11.9 Å². The Kier molecular flexibility index (Phi) is 4.15. The van der Waals surface area contributed by atoms with Crippen LogP contribution in [0.3, 0.4) is 0 Å². The van der Waals surface area contributed by atoms with Gasteiger partial charge in [-0.1, -0.05) is 23.7 Å². The Bertz CT molecular complexity index is 480. The number of thiophene rings is 1. The Balaban J connectivity index is 1.93. The first-order valence-corrected chi connectivity index (χ1v) is 6.62. The van der Waals surface area contributed by atoms with Crippen molar-refractivity contribution >= 4 is 22.9 Å². The molecule has 0 aliphatic rings. The van der Waals surface area contributed by atoms with Gasteiger partial charge in [-0.2, -0.15) is 0 Å². The molecule has 1 aromatic carbocycles. The Morgan fingerprint density at radius 3 is 2.65 bits per heavy atom. The van der Waals surface area contributed by atoms with Crippen molar-refractivity contribution in [1.82, 2.24) is 5.32 Å². The first-order valence-electron chi connectivity index (χ1n) is 5.37. The second kappa shape index (κ2) is 5.63. The predicted molar refractivity (Wildman–Crippen MR) is 71.0 cm³/mol. The highest BCUT2D eigenvalue weighted by Crippen LogP contribution is 2.20. The number of benzene rings is 1. The van der Waals surface area contributed by atoms with Crippen LogP contribution < -0.4 is 5.32 Å². The Morgan fingerprint density at radius 2 is 2.06 bits per heavy atom. The highest BCUT2D eigenvalue weighted by Gasteiger charge is 2.05. The van der Waals surface area contributed by atoms with Gasteiger partial charge in [0.2, 0.25) is 0 Å². The van der Waals surface area contributed by atoms with Crippen molar-refractivity contribution < 1.29 is 4.39 Å². The van der Waals surface area contributed by atoms with E-state index < -0.39 is 0 Å². The van der Waals surface area contributed by atoms with E-state index in [2.05, 4.69) is 12.2 Å². The zero-order valence-electron chi connectivity index (χ0n) is 9.41. The SMILES string of the molecule is CC(NCc1cc(Cl)cs1)c1ccc(F)cc1. The molecule has 2 rings (SSSR count). The summed E-state index contributed by atoms with van der Waals surface area (Å²) in [5, 5.41) is 6.07. The second-order valence-electron chi connectivity index (χ2n) is 3.89. The van der Waals surface area contributed by atoms with E-state index in [1.54, 1.807) is 23.5 Å². The lowest BCUT2D eigenvalue weighted by Gasteiger charge is -2.13. The van der Waals surface area contributed by atoms with Crippen LogP contribution in [0.1, 0.15) is 23.4 Å². The lowest BCUT2D eigenvalue weighted by atomic mass is 10.1. The molecule has 1 N–H and O–H groups in total. The van der Waals surface area contributed by atoms with E-state index >= 15 is 0 Å². The molecule has 0 saturated carbocycles. The minimum atomic E-state index is -0.203. The minimum Gasteiger partial charge on any atom is -0.305 e. The predicted octanol–water partition coefficient (Wildman–Crippen LogP) is 4.39. The molecule has 0 amide bonds. The van der Waals surface area contributed by atoms with Gasteiger partial charge < -0.3 is 5.32 Å². The van der Waals surface area contributed by atoms with Crippen molar-refractivity contribution in [2.45, 2.75) is 19.5 Å². The summed E-state index contributed by atoms with van der Waals surface area (Å²) in [6, 6.07) is 8.71. The maximum absolute atomic E-state index is 12.8. The third kappa shape index (κ3) is 3.53. The fraction of sp³-hybridized carbons (Fsp3) is 0.231. The molecule has 90 valence electrons. The van der Waals surface area contributed by atoms with Gasteiger partial charge in [-0.05, 0) is 30.7 Å². The molecule has 0 bridgehead atoms. The molecule has 1 unspecified atom stereocenters. The molecule has 0 fully saturated rings. The lowest BCUT2D eigenvalue weighted by Crippen LogP contribution is -2.17. The monoisotopic (exact) mass is 269 g/mol. The van der Waals surface area contributed by atoms with Crippen LogP contribution in [0.15, 0.2) is 35.7 Å². The minimum absolute atomic E-state index is 0.191. The fourth-order valence-electron chi connectivity index (χ4n) is 1.57. The molecule has 1 aromatic heterocycles. The number of hydrogen-bond acceptors (Lipinski definition) is 2. The summed E-state index contributed by atoms with van der Waals surface area (Å²) < 4.78 is 12.8. The highest BCUT2D eigenvalue weighted by molar-refractivity contribution is 7.10. The molecule has 0 spiro atoms. The molecular formula is C13H13ClFNS. The standard InChI is InChI=1S/C13H13ClFNS/c1-9(10-2-4-12(15)5-3-10)16-7-13-6-11(14)8-17-13/h2-6,8-9,16H,7H2,1H3. The number of halogens is 2. The number of rotatable bonds is 4. The maximum atomic E-state index is 12.8. The second-order valence-corrected chi connectivity index (χ2v) is 5.32. The van der Waals surface area contributed by atoms with E-state index in [1.165, 1.54) is 17.0 Å². The van der Waals surface area contributed by atoms with Gasteiger partial charge in [0.05, 0.1) is 5.02 Å². The molecule has 2 aromatic rings. The van der Waals surface area contributed by atoms with Gasteiger partial charge in [-0.25, -0.2) is 4.39 Å². The van der Waals surface area contributed by atoms with Crippen LogP contribution >= 0.6 is 22.9 Å². The van der Waals surface area contributed by atoms with Gasteiger partial charge in [0, 0.05) is 22.8 Å². The van der Waals surface area contributed by atoms with Crippen molar-refractivity contribution in [3.63, 3.8) is 0 Å². The van der Waals surface area contributed by atoms with Crippen molar-refractivity contribution in [3.05, 3.63) is 57.0 Å². The Hall–Kier alpha value is -0.900. The zero-order chi connectivity index (χ0) is 12.3. The molecule has 1 heterocycles. The highest BCUT2D eigenvalue weighted by atomic mass is 35.5. The van der Waals surface area contributed by atoms with Crippen molar-refractivity contribution in [3.8, 4) is 0 Å². The van der Waals surface area contributed by atoms with E-state index in [4.69, 9.17) is 11.6 Å². The normalized spacial score (nSPS) is 12.6. The summed E-state index contributed by atoms with van der Waals surface area (Å²) in [7, 11) is 0. The maximum Gasteiger partial charge on any atom is 0.123 e. The van der Waals surface area contributed by atoms with Crippen LogP contribution in [0.4, 0.5) is 4.39 Å². The summed E-state index contributed by atoms with van der Waals surface area (Å²) in [4.78, 5) is 1.20. The summed E-state index contributed by atoms with van der Waals surface area (Å²) in [6.07, 6.45) is 0. The molecule has 1 atom stereocenters. The van der Waals surface area contributed by atoms with Gasteiger partial charge >= 0.3 is 0 Å². The van der Waals surface area contributed by atoms with Gasteiger partial charge in [0.1, 0.15) is 5.82 Å². The van der Waals surface area contributed by atoms with Gasteiger partial charge in [-0.15, -0.1) is 11.3 Å². The van der Waals surface area contributed by atoms with Crippen molar-refractivity contribution in [1.29, 1.82) is 0 Å². The summed E-state index contributed by atoms with van der Waals surface area (Å²) in [6.45, 7) is 2.83. The fourth-order valence-corrected chi connectivity index (χ4v) is 2.59. The van der Waals surface area contributed by atoms with Gasteiger partial charge in [0.15, 0.2) is 0 Å². The van der Waals surface area contributed by atoms with Crippen LogP contribution in [0.2, 0.25) is 5.02 Å². The number of hydrogen-bond donors (Lipinski definition) is 1. The van der Waals surface area contributed by atoms with E-state index in [1.807, 2.05) is 11.4 Å². The van der Waals surface area contributed by atoms with E-state index in [9.17, 15) is 4.39 Å². The lowest BCUT2D eigenvalue weighted by molar-refractivity contribution is 0.575. The quantitative estimate of drug-likeness (QED) is 0.868. The van der Waals surface area contributed by atoms with Crippen molar-refractivity contribution in [2.24, 2.45) is 0 Å². The average Bonchev–Trinajstić information content (AvgIpc) is 2.73. The summed E-state index contributed by atoms with van der Waals surface area (Å²) in [5.74, 6) is -0.203. The van der Waals surface area contributed by atoms with Crippen LogP contribution in [-0.4, -0.2) is 0 Å². The van der Waals surface area contributed by atoms with Crippen LogP contribution in [0.25, 0.3) is 0 Å². The largest absolute Gasteiger partial charge is 0.305 e. The molecule has 4 heteroatoms. The first-order chi connectivity index (χ1) is 8.15. The van der Waals surface area contributed by atoms with Gasteiger partial charge in [-0.3, -0.25) is 0 Å². The smallest absolute Gasteiger partial charge is 0.123 e. The van der Waals surface area contributed by atoms with Crippen LogP contribution in [0, 0.1) is 5.82 Å². The topological polar surface area (TPSA) is 12.0 Å². The molecule has 0 aliphatic carbocycles. The van der Waals surface area contributed by atoms with E-state index in [0.717, 1.165) is 17.1 Å². The van der Waals surface area contributed by atoms with E-state index in [0.29, 0.717) is 0 Å². The summed E-state index contributed by atoms with van der Waals surface area (Å²) >= 11 is 7.49. The molecule has 0 aliphatic heterocycles.